The second kappa shape index (κ2) is 6.61. The summed E-state index contributed by atoms with van der Waals surface area (Å²) in [6.45, 7) is 5.68. The van der Waals surface area contributed by atoms with Gasteiger partial charge >= 0.3 is 0 Å². The second-order valence-corrected chi connectivity index (χ2v) is 9.29. The van der Waals surface area contributed by atoms with Crippen molar-refractivity contribution in [1.29, 1.82) is 0 Å². The maximum atomic E-state index is 12.9. The van der Waals surface area contributed by atoms with Gasteiger partial charge in [-0.3, -0.25) is 14.9 Å². The number of carbonyl (C=O) groups excluding carboxylic acids is 1. The molecule has 0 spiro atoms. The van der Waals surface area contributed by atoms with E-state index in [0.717, 1.165) is 19.5 Å². The van der Waals surface area contributed by atoms with Crippen molar-refractivity contribution in [1.82, 2.24) is 4.90 Å². The van der Waals surface area contributed by atoms with Crippen LogP contribution in [0, 0.1) is 27.4 Å². The van der Waals surface area contributed by atoms with Crippen molar-refractivity contribution in [2.45, 2.75) is 64.2 Å². The van der Waals surface area contributed by atoms with E-state index in [2.05, 4.69) is 13.8 Å². The van der Waals surface area contributed by atoms with Crippen molar-refractivity contribution >= 4 is 11.6 Å². The molecular weight excluding hydrogens is 340 g/mol. The molecule has 1 aromatic carbocycles. The molecule has 0 heterocycles. The fourth-order valence-electron chi connectivity index (χ4n) is 6.94. The highest BCUT2D eigenvalue weighted by atomic mass is 16.6. The average Bonchev–Trinajstić information content (AvgIpc) is 2.61. The summed E-state index contributed by atoms with van der Waals surface area (Å²) in [4.78, 5) is 25.6. The van der Waals surface area contributed by atoms with Crippen LogP contribution < -0.4 is 0 Å². The standard InChI is InChI=1S/C22H30N2O3/c1-3-23(4-2)20(25)14-21-10-16-9-17(11-21)13-22(12-16,15-21)18-5-7-19(8-6-18)24(26)27/h5-8,16-17H,3-4,9-15H2,1-2H3/t16-,17+,21?,22?. The summed E-state index contributed by atoms with van der Waals surface area (Å²) >= 11 is 0. The third kappa shape index (κ3) is 3.15. The summed E-state index contributed by atoms with van der Waals surface area (Å²) < 4.78 is 0. The highest BCUT2D eigenvalue weighted by Crippen LogP contribution is 2.66. The molecule has 2 unspecified atom stereocenters. The molecule has 0 aliphatic heterocycles. The summed E-state index contributed by atoms with van der Waals surface area (Å²) in [6.07, 6.45) is 7.78. The first-order valence-corrected chi connectivity index (χ1v) is 10.4. The Balaban J connectivity index is 1.62. The summed E-state index contributed by atoms with van der Waals surface area (Å²) in [5.41, 5.74) is 1.66. The van der Waals surface area contributed by atoms with Crippen LogP contribution in [-0.2, 0) is 10.2 Å². The predicted octanol–water partition coefficient (Wildman–Crippen LogP) is 4.69. The largest absolute Gasteiger partial charge is 0.343 e. The normalized spacial score (nSPS) is 33.9. The summed E-state index contributed by atoms with van der Waals surface area (Å²) in [7, 11) is 0. The molecule has 0 saturated heterocycles. The highest BCUT2D eigenvalue weighted by Gasteiger charge is 2.58. The number of nitro benzene ring substituents is 1. The fourth-order valence-corrected chi connectivity index (χ4v) is 6.94. The van der Waals surface area contributed by atoms with Gasteiger partial charge in [-0.25, -0.2) is 0 Å². The van der Waals surface area contributed by atoms with E-state index in [1.165, 1.54) is 37.7 Å². The average molecular weight is 370 g/mol. The SMILES string of the molecule is CCN(CC)C(=O)CC12C[C@H]3C[C@@H](C1)CC(c1ccc([N+](=O)[O-])cc1)(C3)C2. The smallest absolute Gasteiger partial charge is 0.269 e. The van der Waals surface area contributed by atoms with Crippen LogP contribution in [0.3, 0.4) is 0 Å². The molecule has 4 aliphatic rings. The van der Waals surface area contributed by atoms with Crippen molar-refractivity contribution in [2.75, 3.05) is 13.1 Å². The van der Waals surface area contributed by atoms with Crippen molar-refractivity contribution in [3.05, 3.63) is 39.9 Å². The Bertz CT molecular complexity index is 724. The van der Waals surface area contributed by atoms with E-state index in [9.17, 15) is 14.9 Å². The third-order valence-electron chi connectivity index (χ3n) is 7.52. The van der Waals surface area contributed by atoms with Gasteiger partial charge in [-0.1, -0.05) is 12.1 Å². The molecular formula is C22H30N2O3. The van der Waals surface area contributed by atoms with Crippen LogP contribution in [0.25, 0.3) is 0 Å². The molecule has 27 heavy (non-hydrogen) atoms. The van der Waals surface area contributed by atoms with Gasteiger partial charge in [0.2, 0.25) is 5.91 Å². The molecule has 4 atom stereocenters. The van der Waals surface area contributed by atoms with Crippen molar-refractivity contribution < 1.29 is 9.72 Å². The van der Waals surface area contributed by atoms with Crippen LogP contribution in [0.4, 0.5) is 5.69 Å². The number of benzene rings is 1. The minimum absolute atomic E-state index is 0.114. The first-order chi connectivity index (χ1) is 12.9. The molecule has 1 amide bonds. The Hall–Kier alpha value is -1.91. The van der Waals surface area contributed by atoms with Crippen LogP contribution >= 0.6 is 0 Å². The van der Waals surface area contributed by atoms with Gasteiger partial charge in [-0.15, -0.1) is 0 Å². The minimum atomic E-state index is -0.326. The van der Waals surface area contributed by atoms with Crippen molar-refractivity contribution in [3.8, 4) is 0 Å². The lowest BCUT2D eigenvalue weighted by Crippen LogP contribution is -2.55. The van der Waals surface area contributed by atoms with E-state index < -0.39 is 0 Å². The number of hydrogen-bond acceptors (Lipinski definition) is 3. The minimum Gasteiger partial charge on any atom is -0.343 e. The number of carbonyl (C=O) groups is 1. The molecule has 0 radical (unpaired) electrons. The quantitative estimate of drug-likeness (QED) is 0.539. The van der Waals surface area contributed by atoms with Gasteiger partial charge in [0.15, 0.2) is 0 Å². The number of hydrogen-bond donors (Lipinski definition) is 0. The predicted molar refractivity (Wildman–Crippen MR) is 104 cm³/mol. The Kier molecular flexibility index (Phi) is 4.52. The Morgan fingerprint density at radius 2 is 1.70 bits per heavy atom. The summed E-state index contributed by atoms with van der Waals surface area (Å²) in [5, 5.41) is 11.0. The van der Waals surface area contributed by atoms with Gasteiger partial charge in [0.1, 0.15) is 0 Å². The Labute approximate surface area is 161 Å². The molecule has 4 saturated carbocycles. The maximum Gasteiger partial charge on any atom is 0.269 e. The van der Waals surface area contributed by atoms with E-state index in [0.29, 0.717) is 24.2 Å². The number of nitro groups is 1. The first-order valence-electron chi connectivity index (χ1n) is 10.4. The molecule has 0 N–H and O–H groups in total. The number of nitrogens with zero attached hydrogens (tertiary/aromatic N) is 2. The molecule has 4 aliphatic carbocycles. The van der Waals surface area contributed by atoms with Gasteiger partial charge in [0, 0.05) is 31.6 Å². The maximum absolute atomic E-state index is 12.9. The van der Waals surface area contributed by atoms with Crippen LogP contribution in [0.2, 0.25) is 0 Å². The number of non-ortho nitro benzene ring substituents is 1. The third-order valence-corrected chi connectivity index (χ3v) is 7.52. The van der Waals surface area contributed by atoms with Crippen LogP contribution in [0.15, 0.2) is 24.3 Å². The molecule has 4 bridgehead atoms. The van der Waals surface area contributed by atoms with Gasteiger partial charge < -0.3 is 4.90 Å². The fraction of sp³-hybridized carbons (Fsp3) is 0.682. The highest BCUT2D eigenvalue weighted by molar-refractivity contribution is 5.77. The van der Waals surface area contributed by atoms with Crippen molar-refractivity contribution in [3.63, 3.8) is 0 Å². The molecule has 5 heteroatoms. The lowest BCUT2D eigenvalue weighted by molar-refractivity contribution is -0.384. The van der Waals surface area contributed by atoms with E-state index in [4.69, 9.17) is 0 Å². The van der Waals surface area contributed by atoms with Gasteiger partial charge in [0.05, 0.1) is 4.92 Å². The van der Waals surface area contributed by atoms with Crippen molar-refractivity contribution in [2.24, 2.45) is 17.3 Å². The number of rotatable bonds is 6. The van der Waals surface area contributed by atoms with Gasteiger partial charge in [-0.2, -0.15) is 0 Å². The van der Waals surface area contributed by atoms with Crippen LogP contribution in [0.5, 0.6) is 0 Å². The summed E-state index contributed by atoms with van der Waals surface area (Å²) in [6, 6.07) is 7.26. The Morgan fingerprint density at radius 1 is 1.11 bits per heavy atom. The molecule has 0 aromatic heterocycles. The Morgan fingerprint density at radius 3 is 2.22 bits per heavy atom. The summed E-state index contributed by atoms with van der Waals surface area (Å²) in [5.74, 6) is 1.71. The van der Waals surface area contributed by atoms with E-state index >= 15 is 0 Å². The van der Waals surface area contributed by atoms with Crippen LogP contribution in [0.1, 0.15) is 64.4 Å². The molecule has 5 nitrogen and oxygen atoms in total. The molecule has 4 fully saturated rings. The van der Waals surface area contributed by atoms with E-state index in [1.807, 2.05) is 17.0 Å². The van der Waals surface area contributed by atoms with E-state index in [1.54, 1.807) is 12.1 Å². The first kappa shape index (κ1) is 18.5. The molecule has 5 rings (SSSR count). The van der Waals surface area contributed by atoms with Gasteiger partial charge in [-0.05, 0) is 80.6 Å². The zero-order chi connectivity index (χ0) is 19.2. The van der Waals surface area contributed by atoms with Crippen LogP contribution in [-0.4, -0.2) is 28.8 Å². The number of amides is 1. The second-order valence-electron chi connectivity index (χ2n) is 9.29. The molecule has 1 aromatic rings. The van der Waals surface area contributed by atoms with E-state index in [-0.39, 0.29) is 21.4 Å². The zero-order valence-electron chi connectivity index (χ0n) is 16.4. The lowest BCUT2D eigenvalue weighted by Gasteiger charge is -2.62. The monoisotopic (exact) mass is 370 g/mol. The molecule has 146 valence electrons. The van der Waals surface area contributed by atoms with Gasteiger partial charge in [0.25, 0.3) is 5.69 Å². The zero-order valence-corrected chi connectivity index (χ0v) is 16.4. The topological polar surface area (TPSA) is 63.5 Å². The lowest BCUT2D eigenvalue weighted by atomic mass is 9.42.